The zero-order valence-corrected chi connectivity index (χ0v) is 11.5. The average Bonchev–Trinajstić information content (AvgIpc) is 2.52. The SMILES string of the molecule is CC[C@H](Oc1ccccc1)C(=O)NCc1ccccn1. The van der Waals surface area contributed by atoms with E-state index < -0.39 is 6.10 Å². The summed E-state index contributed by atoms with van der Waals surface area (Å²) in [7, 11) is 0. The molecular weight excluding hydrogens is 252 g/mol. The third kappa shape index (κ3) is 4.09. The summed E-state index contributed by atoms with van der Waals surface area (Å²) in [5.41, 5.74) is 0.829. The molecule has 104 valence electrons. The molecule has 4 nitrogen and oxygen atoms in total. The lowest BCUT2D eigenvalue weighted by molar-refractivity contribution is -0.128. The molecule has 0 fully saturated rings. The summed E-state index contributed by atoms with van der Waals surface area (Å²) in [6.45, 7) is 2.34. The van der Waals surface area contributed by atoms with Crippen molar-refractivity contribution in [3.8, 4) is 5.75 Å². The van der Waals surface area contributed by atoms with E-state index in [2.05, 4.69) is 10.3 Å². The number of hydrogen-bond donors (Lipinski definition) is 1. The molecule has 0 radical (unpaired) electrons. The molecule has 0 spiro atoms. The summed E-state index contributed by atoms with van der Waals surface area (Å²) in [6, 6.07) is 15.0. The van der Waals surface area contributed by atoms with Crippen LogP contribution in [0.3, 0.4) is 0 Å². The van der Waals surface area contributed by atoms with Gasteiger partial charge in [0.05, 0.1) is 12.2 Å². The minimum atomic E-state index is -0.485. The molecule has 1 aromatic heterocycles. The van der Waals surface area contributed by atoms with Gasteiger partial charge in [-0.3, -0.25) is 9.78 Å². The number of carbonyl (C=O) groups excluding carboxylic acids is 1. The lowest BCUT2D eigenvalue weighted by atomic mass is 10.2. The zero-order valence-electron chi connectivity index (χ0n) is 11.5. The quantitative estimate of drug-likeness (QED) is 0.877. The molecule has 1 N–H and O–H groups in total. The fourth-order valence-corrected chi connectivity index (χ4v) is 1.78. The molecule has 2 aromatic rings. The third-order valence-electron chi connectivity index (χ3n) is 2.85. The standard InChI is InChI=1S/C16H18N2O2/c1-2-15(20-14-9-4-3-5-10-14)16(19)18-12-13-8-6-7-11-17-13/h3-11,15H,2,12H2,1H3,(H,18,19)/t15-/m0/s1. The highest BCUT2D eigenvalue weighted by Crippen LogP contribution is 2.12. The van der Waals surface area contributed by atoms with Gasteiger partial charge in [0.1, 0.15) is 5.75 Å². The monoisotopic (exact) mass is 270 g/mol. The molecular formula is C16H18N2O2. The van der Waals surface area contributed by atoms with Crippen LogP contribution in [0.15, 0.2) is 54.7 Å². The van der Waals surface area contributed by atoms with Gasteiger partial charge in [0.15, 0.2) is 6.10 Å². The van der Waals surface area contributed by atoms with Crippen molar-refractivity contribution in [3.63, 3.8) is 0 Å². The van der Waals surface area contributed by atoms with E-state index in [4.69, 9.17) is 4.74 Å². The number of hydrogen-bond acceptors (Lipinski definition) is 3. The van der Waals surface area contributed by atoms with Crippen LogP contribution in [0.5, 0.6) is 5.75 Å². The van der Waals surface area contributed by atoms with Crippen LogP contribution in [-0.4, -0.2) is 17.0 Å². The number of nitrogens with one attached hydrogen (secondary N) is 1. The van der Waals surface area contributed by atoms with E-state index in [0.717, 1.165) is 5.69 Å². The van der Waals surface area contributed by atoms with Crippen LogP contribution >= 0.6 is 0 Å². The minimum Gasteiger partial charge on any atom is -0.481 e. The molecule has 0 saturated carbocycles. The number of carbonyl (C=O) groups is 1. The highest BCUT2D eigenvalue weighted by Gasteiger charge is 2.17. The third-order valence-corrected chi connectivity index (χ3v) is 2.85. The second-order valence-corrected chi connectivity index (χ2v) is 4.37. The zero-order chi connectivity index (χ0) is 14.2. The van der Waals surface area contributed by atoms with Gasteiger partial charge in [0.25, 0.3) is 5.91 Å². The molecule has 20 heavy (non-hydrogen) atoms. The Morgan fingerprint density at radius 1 is 1.20 bits per heavy atom. The molecule has 1 heterocycles. The van der Waals surface area contributed by atoms with E-state index in [1.165, 1.54) is 0 Å². The summed E-state index contributed by atoms with van der Waals surface area (Å²) in [5.74, 6) is 0.578. The van der Waals surface area contributed by atoms with Crippen molar-refractivity contribution < 1.29 is 9.53 Å². The molecule has 1 amide bonds. The van der Waals surface area contributed by atoms with E-state index in [1.54, 1.807) is 6.20 Å². The first-order chi connectivity index (χ1) is 9.79. The number of ether oxygens (including phenoxy) is 1. The van der Waals surface area contributed by atoms with Crippen molar-refractivity contribution in [1.29, 1.82) is 0 Å². The Bertz CT molecular complexity index is 529. The molecule has 4 heteroatoms. The van der Waals surface area contributed by atoms with Crippen LogP contribution in [0.25, 0.3) is 0 Å². The molecule has 1 atom stereocenters. The Hall–Kier alpha value is -2.36. The van der Waals surface area contributed by atoms with Crippen molar-refractivity contribution in [1.82, 2.24) is 10.3 Å². The van der Waals surface area contributed by atoms with Gasteiger partial charge >= 0.3 is 0 Å². The molecule has 0 aliphatic heterocycles. The van der Waals surface area contributed by atoms with Crippen molar-refractivity contribution in [3.05, 3.63) is 60.4 Å². The van der Waals surface area contributed by atoms with Crippen LogP contribution in [-0.2, 0) is 11.3 Å². The Kier molecular flexibility index (Phi) is 5.12. The Morgan fingerprint density at radius 2 is 1.95 bits per heavy atom. The van der Waals surface area contributed by atoms with Gasteiger partial charge in [0.2, 0.25) is 0 Å². The summed E-state index contributed by atoms with van der Waals surface area (Å²) in [6.07, 6.45) is 1.84. The molecule has 0 bridgehead atoms. The van der Waals surface area contributed by atoms with Crippen molar-refractivity contribution in [2.24, 2.45) is 0 Å². The fraction of sp³-hybridized carbons (Fsp3) is 0.250. The van der Waals surface area contributed by atoms with E-state index in [-0.39, 0.29) is 5.91 Å². The van der Waals surface area contributed by atoms with Crippen LogP contribution in [0.2, 0.25) is 0 Å². The maximum absolute atomic E-state index is 12.1. The van der Waals surface area contributed by atoms with Crippen molar-refractivity contribution in [2.45, 2.75) is 26.0 Å². The van der Waals surface area contributed by atoms with E-state index in [9.17, 15) is 4.79 Å². The molecule has 2 rings (SSSR count). The number of rotatable bonds is 6. The van der Waals surface area contributed by atoms with Gasteiger partial charge in [-0.2, -0.15) is 0 Å². The topological polar surface area (TPSA) is 51.2 Å². The number of aromatic nitrogens is 1. The largest absolute Gasteiger partial charge is 0.481 e. The number of amides is 1. The minimum absolute atomic E-state index is 0.123. The fourth-order valence-electron chi connectivity index (χ4n) is 1.78. The number of benzene rings is 1. The summed E-state index contributed by atoms with van der Waals surface area (Å²) in [4.78, 5) is 16.3. The first-order valence-corrected chi connectivity index (χ1v) is 6.69. The first-order valence-electron chi connectivity index (χ1n) is 6.69. The van der Waals surface area contributed by atoms with Crippen LogP contribution < -0.4 is 10.1 Å². The second-order valence-electron chi connectivity index (χ2n) is 4.37. The van der Waals surface area contributed by atoms with Crippen LogP contribution in [0, 0.1) is 0 Å². The summed E-state index contributed by atoms with van der Waals surface area (Å²) in [5, 5.41) is 2.84. The number of nitrogens with zero attached hydrogens (tertiary/aromatic N) is 1. The van der Waals surface area contributed by atoms with Gasteiger partial charge in [-0.25, -0.2) is 0 Å². The maximum Gasteiger partial charge on any atom is 0.261 e. The Balaban J connectivity index is 1.89. The summed E-state index contributed by atoms with van der Waals surface area (Å²) >= 11 is 0. The Labute approximate surface area is 118 Å². The smallest absolute Gasteiger partial charge is 0.261 e. The molecule has 0 aliphatic rings. The van der Waals surface area contributed by atoms with Gasteiger partial charge < -0.3 is 10.1 Å². The van der Waals surface area contributed by atoms with Crippen molar-refractivity contribution in [2.75, 3.05) is 0 Å². The van der Waals surface area contributed by atoms with Gasteiger partial charge in [0, 0.05) is 6.20 Å². The van der Waals surface area contributed by atoms with E-state index in [0.29, 0.717) is 18.7 Å². The van der Waals surface area contributed by atoms with Gasteiger partial charge in [-0.15, -0.1) is 0 Å². The highest BCUT2D eigenvalue weighted by atomic mass is 16.5. The molecule has 0 unspecified atom stereocenters. The van der Waals surface area contributed by atoms with Gasteiger partial charge in [-0.1, -0.05) is 31.2 Å². The van der Waals surface area contributed by atoms with E-state index >= 15 is 0 Å². The number of para-hydroxylation sites is 1. The lowest BCUT2D eigenvalue weighted by Gasteiger charge is -2.17. The van der Waals surface area contributed by atoms with Crippen molar-refractivity contribution >= 4 is 5.91 Å². The van der Waals surface area contributed by atoms with E-state index in [1.807, 2.05) is 55.5 Å². The molecule has 0 saturated heterocycles. The predicted octanol–water partition coefficient (Wildman–Crippen LogP) is 2.56. The maximum atomic E-state index is 12.1. The molecule has 1 aromatic carbocycles. The first kappa shape index (κ1) is 14.1. The van der Waals surface area contributed by atoms with Gasteiger partial charge in [-0.05, 0) is 30.7 Å². The van der Waals surface area contributed by atoms with Crippen LogP contribution in [0.4, 0.5) is 0 Å². The molecule has 0 aliphatic carbocycles. The summed E-state index contributed by atoms with van der Waals surface area (Å²) < 4.78 is 5.68. The number of pyridine rings is 1. The second kappa shape index (κ2) is 7.28. The lowest BCUT2D eigenvalue weighted by Crippen LogP contribution is -2.37. The normalized spacial score (nSPS) is 11.7. The predicted molar refractivity (Wildman–Crippen MR) is 77.2 cm³/mol. The average molecular weight is 270 g/mol. The highest BCUT2D eigenvalue weighted by molar-refractivity contribution is 5.81. The van der Waals surface area contributed by atoms with Crippen LogP contribution in [0.1, 0.15) is 19.0 Å². The Morgan fingerprint density at radius 3 is 2.60 bits per heavy atom.